The van der Waals surface area contributed by atoms with Gasteiger partial charge in [0, 0.05) is 15.1 Å². The third-order valence-corrected chi connectivity index (χ3v) is 4.21. The molecule has 1 nitrogen and oxygen atoms in total. The first-order valence-corrected chi connectivity index (χ1v) is 6.41. The average Bonchev–Trinajstić information content (AvgIpc) is 2.10. The van der Waals surface area contributed by atoms with E-state index in [2.05, 4.69) is 15.9 Å². The minimum absolute atomic E-state index is 0.746. The monoisotopic (exact) mass is 260 g/mol. The molecule has 0 spiro atoms. The molecule has 0 saturated heterocycles. The summed E-state index contributed by atoms with van der Waals surface area (Å²) in [4.78, 5) is 0.916. The Labute approximate surface area is 90.1 Å². The summed E-state index contributed by atoms with van der Waals surface area (Å²) in [6.07, 6.45) is 0.956. The molecule has 13 heavy (non-hydrogen) atoms. The molecule has 0 aromatic heterocycles. The van der Waals surface area contributed by atoms with Gasteiger partial charge in [0.2, 0.25) is 0 Å². The van der Waals surface area contributed by atoms with Gasteiger partial charge in [-0.25, -0.2) is 0 Å². The van der Waals surface area contributed by atoms with Crippen molar-refractivity contribution < 1.29 is 4.21 Å². The number of aryl methyl sites for hydroxylation is 1. The number of halogens is 1. The second kappa shape index (κ2) is 4.91. The van der Waals surface area contributed by atoms with E-state index in [9.17, 15) is 4.21 Å². The van der Waals surface area contributed by atoms with Gasteiger partial charge in [-0.3, -0.25) is 4.21 Å². The summed E-state index contributed by atoms with van der Waals surface area (Å²) >= 11 is 3.43. The molecule has 1 aromatic carbocycles. The quantitative estimate of drug-likeness (QED) is 0.816. The molecule has 0 amide bonds. The standard InChI is InChI=1S/C10H13BrOS/c1-3-6-13(12)9-5-4-8(2)10(11)7-9/h4-5,7H,3,6H2,1-2H3/t13-/m1/s1. The molecular formula is C10H13BrOS. The molecule has 0 fully saturated rings. The van der Waals surface area contributed by atoms with Gasteiger partial charge in [0.05, 0.1) is 10.8 Å². The fraction of sp³-hybridized carbons (Fsp3) is 0.400. The van der Waals surface area contributed by atoms with E-state index in [4.69, 9.17) is 0 Å². The maximum atomic E-state index is 11.6. The first-order chi connectivity index (χ1) is 6.15. The molecule has 0 bridgehead atoms. The zero-order valence-electron chi connectivity index (χ0n) is 7.84. The highest BCUT2D eigenvalue weighted by atomic mass is 79.9. The maximum absolute atomic E-state index is 11.6. The molecule has 0 aliphatic carbocycles. The van der Waals surface area contributed by atoms with Gasteiger partial charge in [-0.05, 0) is 31.0 Å². The molecule has 72 valence electrons. The summed E-state index contributed by atoms with van der Waals surface area (Å²) in [5.41, 5.74) is 1.18. The summed E-state index contributed by atoms with van der Waals surface area (Å²) < 4.78 is 12.6. The van der Waals surface area contributed by atoms with Crippen LogP contribution >= 0.6 is 15.9 Å². The first-order valence-electron chi connectivity index (χ1n) is 4.29. The highest BCUT2D eigenvalue weighted by molar-refractivity contribution is 9.10. The van der Waals surface area contributed by atoms with Gasteiger partial charge in [-0.1, -0.05) is 28.9 Å². The highest BCUT2D eigenvalue weighted by Gasteiger charge is 2.03. The topological polar surface area (TPSA) is 17.1 Å². The molecule has 0 unspecified atom stereocenters. The third kappa shape index (κ3) is 2.92. The smallest absolute Gasteiger partial charge is 0.0529 e. The second-order valence-electron chi connectivity index (χ2n) is 2.96. The molecule has 3 heteroatoms. The van der Waals surface area contributed by atoms with Crippen LogP contribution in [0.2, 0.25) is 0 Å². The van der Waals surface area contributed by atoms with Crippen molar-refractivity contribution in [3.8, 4) is 0 Å². The number of rotatable bonds is 3. The molecular weight excluding hydrogens is 248 g/mol. The van der Waals surface area contributed by atoms with E-state index < -0.39 is 10.8 Å². The van der Waals surface area contributed by atoms with Crippen LogP contribution in [0.3, 0.4) is 0 Å². The Hall–Kier alpha value is -0.150. The Morgan fingerprint density at radius 3 is 2.69 bits per heavy atom. The SMILES string of the molecule is CCC[S@@](=O)c1ccc(C)c(Br)c1. The van der Waals surface area contributed by atoms with Crippen LogP contribution in [-0.4, -0.2) is 9.96 Å². The van der Waals surface area contributed by atoms with Crippen molar-refractivity contribution in [1.29, 1.82) is 0 Å². The summed E-state index contributed by atoms with van der Waals surface area (Å²) in [5, 5.41) is 0. The fourth-order valence-electron chi connectivity index (χ4n) is 1.02. The van der Waals surface area contributed by atoms with Crippen LogP contribution in [-0.2, 0) is 10.8 Å². The summed E-state index contributed by atoms with van der Waals surface area (Å²) in [6, 6.07) is 5.87. The summed E-state index contributed by atoms with van der Waals surface area (Å²) in [7, 11) is -0.832. The van der Waals surface area contributed by atoms with Gasteiger partial charge >= 0.3 is 0 Å². The molecule has 0 N–H and O–H groups in total. The van der Waals surface area contributed by atoms with Crippen molar-refractivity contribution in [3.63, 3.8) is 0 Å². The Balaban J connectivity index is 2.90. The Morgan fingerprint density at radius 2 is 2.15 bits per heavy atom. The van der Waals surface area contributed by atoms with Crippen molar-refractivity contribution >= 4 is 26.7 Å². The van der Waals surface area contributed by atoms with Gasteiger partial charge in [0.25, 0.3) is 0 Å². The fourth-order valence-corrected chi connectivity index (χ4v) is 2.62. The minimum atomic E-state index is -0.832. The Bertz CT molecular complexity index is 323. The van der Waals surface area contributed by atoms with E-state index in [0.717, 1.165) is 21.5 Å². The molecule has 0 heterocycles. The van der Waals surface area contributed by atoms with E-state index in [1.54, 1.807) is 0 Å². The maximum Gasteiger partial charge on any atom is 0.0529 e. The lowest BCUT2D eigenvalue weighted by molar-refractivity contribution is 0.682. The minimum Gasteiger partial charge on any atom is -0.254 e. The highest BCUT2D eigenvalue weighted by Crippen LogP contribution is 2.19. The lowest BCUT2D eigenvalue weighted by atomic mass is 10.2. The van der Waals surface area contributed by atoms with Gasteiger partial charge in [0.15, 0.2) is 0 Å². The average molecular weight is 261 g/mol. The van der Waals surface area contributed by atoms with Gasteiger partial charge in [-0.2, -0.15) is 0 Å². The molecule has 1 aromatic rings. The van der Waals surface area contributed by atoms with Crippen LogP contribution in [0.5, 0.6) is 0 Å². The Morgan fingerprint density at radius 1 is 1.46 bits per heavy atom. The van der Waals surface area contributed by atoms with E-state index in [1.165, 1.54) is 5.56 Å². The number of benzene rings is 1. The predicted octanol–water partition coefficient (Wildman–Crippen LogP) is 3.28. The Kier molecular flexibility index (Phi) is 4.13. The van der Waals surface area contributed by atoms with Gasteiger partial charge in [-0.15, -0.1) is 0 Å². The molecule has 0 aliphatic heterocycles. The van der Waals surface area contributed by atoms with Crippen LogP contribution in [0, 0.1) is 6.92 Å². The van der Waals surface area contributed by atoms with E-state index in [0.29, 0.717) is 0 Å². The second-order valence-corrected chi connectivity index (χ2v) is 5.39. The van der Waals surface area contributed by atoms with Crippen LogP contribution in [0.25, 0.3) is 0 Å². The lowest BCUT2D eigenvalue weighted by Crippen LogP contribution is -1.96. The van der Waals surface area contributed by atoms with Crippen LogP contribution in [0.1, 0.15) is 18.9 Å². The summed E-state index contributed by atoms with van der Waals surface area (Å²) in [6.45, 7) is 4.07. The van der Waals surface area contributed by atoms with E-state index in [1.807, 2.05) is 32.0 Å². The number of hydrogen-bond acceptors (Lipinski definition) is 1. The van der Waals surface area contributed by atoms with Crippen molar-refractivity contribution in [2.24, 2.45) is 0 Å². The molecule has 0 radical (unpaired) electrons. The zero-order chi connectivity index (χ0) is 9.84. The van der Waals surface area contributed by atoms with Crippen LogP contribution in [0.4, 0.5) is 0 Å². The van der Waals surface area contributed by atoms with Crippen molar-refractivity contribution in [2.75, 3.05) is 5.75 Å². The zero-order valence-corrected chi connectivity index (χ0v) is 10.2. The molecule has 0 saturated carbocycles. The van der Waals surface area contributed by atoms with Crippen LogP contribution < -0.4 is 0 Å². The third-order valence-electron chi connectivity index (χ3n) is 1.80. The molecule has 1 rings (SSSR count). The van der Waals surface area contributed by atoms with Crippen molar-refractivity contribution in [1.82, 2.24) is 0 Å². The first kappa shape index (κ1) is 10.9. The largest absolute Gasteiger partial charge is 0.254 e. The van der Waals surface area contributed by atoms with Crippen molar-refractivity contribution in [3.05, 3.63) is 28.2 Å². The predicted molar refractivity (Wildman–Crippen MR) is 60.4 cm³/mol. The van der Waals surface area contributed by atoms with E-state index >= 15 is 0 Å². The summed E-state index contributed by atoms with van der Waals surface area (Å²) in [5.74, 6) is 0.746. The molecule has 1 atom stereocenters. The molecule has 0 aliphatic rings. The van der Waals surface area contributed by atoms with Crippen LogP contribution in [0.15, 0.2) is 27.6 Å². The van der Waals surface area contributed by atoms with Gasteiger partial charge < -0.3 is 0 Å². The lowest BCUT2D eigenvalue weighted by Gasteiger charge is -2.02. The number of hydrogen-bond donors (Lipinski definition) is 0. The van der Waals surface area contributed by atoms with Gasteiger partial charge in [0.1, 0.15) is 0 Å². The van der Waals surface area contributed by atoms with Crippen molar-refractivity contribution in [2.45, 2.75) is 25.2 Å². The van der Waals surface area contributed by atoms with E-state index in [-0.39, 0.29) is 0 Å². The normalized spacial score (nSPS) is 12.8.